The van der Waals surface area contributed by atoms with Crippen molar-refractivity contribution in [3.8, 4) is 22.6 Å². The molecule has 212 valence electrons. The van der Waals surface area contributed by atoms with E-state index in [0.29, 0.717) is 0 Å². The van der Waals surface area contributed by atoms with Gasteiger partial charge in [-0.25, -0.2) is 4.79 Å². The Morgan fingerprint density at radius 2 is 1.50 bits per heavy atom. The minimum atomic E-state index is -3.17. The molecule has 40 heavy (non-hydrogen) atoms. The molecular formula is C24H20N3O10PRu2. The average molecular weight is 744 g/mol. The van der Waals surface area contributed by atoms with Crippen molar-refractivity contribution < 1.29 is 87.7 Å². The molecule has 3 aromatic heterocycles. The van der Waals surface area contributed by atoms with E-state index in [0.717, 1.165) is 12.1 Å². The number of aliphatic hydroxyl groups excluding tert-OH is 1. The third-order valence-corrected chi connectivity index (χ3v) is 6.07. The Labute approximate surface area is 255 Å². The first-order chi connectivity index (χ1) is 18.1. The maximum absolute atomic E-state index is 12.8. The zero-order valence-electron chi connectivity index (χ0n) is 20.6. The van der Waals surface area contributed by atoms with Gasteiger partial charge in [0, 0.05) is 35.3 Å². The van der Waals surface area contributed by atoms with Crippen LogP contribution >= 0.6 is 8.60 Å². The first kappa shape index (κ1) is 35.4. The van der Waals surface area contributed by atoms with E-state index in [9.17, 15) is 39.5 Å². The number of hydrogen-bond acceptors (Lipinski definition) is 13. The van der Waals surface area contributed by atoms with Crippen molar-refractivity contribution in [2.75, 3.05) is 19.8 Å². The van der Waals surface area contributed by atoms with Gasteiger partial charge in [-0.05, 0) is 36.8 Å². The Morgan fingerprint density at radius 1 is 0.900 bits per heavy atom. The quantitative estimate of drug-likeness (QED) is 0.126. The second-order valence-corrected chi connectivity index (χ2v) is 8.81. The summed E-state index contributed by atoms with van der Waals surface area (Å²) in [6.07, 6.45) is 3.81. The number of carboxylic acid groups (broad SMARTS) is 2. The number of nitrogens with zero attached hydrogens (tertiary/aromatic N) is 3. The van der Waals surface area contributed by atoms with Crippen molar-refractivity contribution in [3.63, 3.8) is 0 Å². The van der Waals surface area contributed by atoms with E-state index >= 15 is 0 Å². The van der Waals surface area contributed by atoms with Crippen LogP contribution in [0.3, 0.4) is 0 Å². The summed E-state index contributed by atoms with van der Waals surface area (Å²) >= 11 is 0. The van der Waals surface area contributed by atoms with Gasteiger partial charge in [0.25, 0.3) is 0 Å². The van der Waals surface area contributed by atoms with Crippen LogP contribution in [-0.4, -0.2) is 57.8 Å². The van der Waals surface area contributed by atoms with Crippen LogP contribution in [-0.2, 0) is 48.2 Å². The number of esters is 1. The summed E-state index contributed by atoms with van der Waals surface area (Å²) in [6.45, 7) is 0.361. The van der Waals surface area contributed by atoms with Crippen LogP contribution in [0.25, 0.3) is 22.6 Å². The molecule has 0 spiro atoms. The van der Waals surface area contributed by atoms with E-state index in [1.807, 2.05) is 0 Å². The predicted octanol–water partition coefficient (Wildman–Crippen LogP) is -1.56. The van der Waals surface area contributed by atoms with E-state index < -0.39 is 45.1 Å². The molecular weight excluding hydrogens is 723 g/mol. The van der Waals surface area contributed by atoms with Gasteiger partial charge in [0.15, 0.2) is 0 Å². The second-order valence-electron chi connectivity index (χ2n) is 8.10. The molecule has 0 aliphatic rings. The Balaban J connectivity index is 0.00000400. The van der Waals surface area contributed by atoms with E-state index in [4.69, 9.17) is 4.74 Å². The van der Waals surface area contributed by atoms with Crippen LogP contribution in [0.5, 0.6) is 0 Å². The first-order valence-electron chi connectivity index (χ1n) is 11.0. The molecule has 0 aliphatic carbocycles. The molecule has 3 heterocycles. The number of pyridine rings is 3. The van der Waals surface area contributed by atoms with Gasteiger partial charge in [0.1, 0.15) is 6.61 Å². The number of carboxylic acids is 2. The van der Waals surface area contributed by atoms with E-state index in [-0.39, 0.29) is 91.3 Å². The Hall–Kier alpha value is -2.62. The maximum atomic E-state index is 12.8. The molecule has 0 amide bonds. The Morgan fingerprint density at radius 3 is 2.08 bits per heavy atom. The molecule has 0 bridgehead atoms. The smallest absolute Gasteiger partial charge is 0.820 e. The van der Waals surface area contributed by atoms with Gasteiger partial charge in [-0.3, -0.25) is 15.0 Å². The summed E-state index contributed by atoms with van der Waals surface area (Å²) in [6, 6.07) is 6.03. The maximum Gasteiger partial charge on any atom is 2.00 e. The third-order valence-electron chi connectivity index (χ3n) is 5.73. The first-order valence-corrected chi connectivity index (χ1v) is 12.1. The minimum Gasteiger partial charge on any atom is -0.820 e. The molecule has 16 heteroatoms. The molecule has 0 radical (unpaired) electrons. The summed E-state index contributed by atoms with van der Waals surface area (Å²) < 4.78 is 9.90. The van der Waals surface area contributed by atoms with Crippen molar-refractivity contribution in [1.82, 2.24) is 15.0 Å². The molecule has 1 unspecified atom stereocenters. The molecule has 0 fully saturated rings. The van der Waals surface area contributed by atoms with Gasteiger partial charge in [0.2, 0.25) is 0 Å². The molecule has 3 rings (SSSR count). The van der Waals surface area contributed by atoms with Gasteiger partial charge in [-0.15, -0.1) is 0 Å². The van der Waals surface area contributed by atoms with Crippen LogP contribution in [0.4, 0.5) is 0 Å². The summed E-state index contributed by atoms with van der Waals surface area (Å²) in [7, 11) is -3.17. The zero-order valence-corrected chi connectivity index (χ0v) is 24.9. The average Bonchev–Trinajstić information content (AvgIpc) is 2.93. The molecule has 13 nitrogen and oxygen atoms in total. The number of aromatic carboxylic acids is 2. The number of rotatable bonds is 12. The summed E-state index contributed by atoms with van der Waals surface area (Å²) in [5.74, 6) is -3.93. The number of hydrogen-bond donors (Lipinski definition) is 1. The van der Waals surface area contributed by atoms with Gasteiger partial charge in [-0.2, -0.15) is 8.60 Å². The van der Waals surface area contributed by atoms with Crippen molar-refractivity contribution >= 4 is 26.5 Å². The molecule has 0 saturated carbocycles. The molecule has 0 aliphatic heterocycles. The number of aliphatic hydroxyl groups is 1. The van der Waals surface area contributed by atoms with Gasteiger partial charge in [-0.1, -0.05) is 6.92 Å². The van der Waals surface area contributed by atoms with Crippen molar-refractivity contribution in [3.05, 3.63) is 65.6 Å². The normalized spacial score (nSPS) is 12.0. The van der Waals surface area contributed by atoms with Crippen molar-refractivity contribution in [2.45, 2.75) is 13.3 Å². The molecule has 3 aromatic rings. The number of ether oxygens (including phenoxy) is 1. The molecule has 1 N–H and O–H groups in total. The minimum absolute atomic E-state index is 0. The predicted molar refractivity (Wildman–Crippen MR) is 122 cm³/mol. The SMILES string of the molecule is CCC(CO)(COC(=O)c1ccnc(-c2c(C(=O)[O-])ccnc2-c2cc(C(=O)[O-])ccn2)c1)COP([O-])[O-].[Ru+2].[Ru+2]. The zero-order chi connectivity index (χ0) is 27.9. The van der Waals surface area contributed by atoms with Gasteiger partial charge in [0.05, 0.1) is 53.2 Å². The molecule has 0 saturated heterocycles. The number of carbonyl (C=O) groups excluding carboxylic acids is 3. The largest absolute Gasteiger partial charge is 2.00 e. The molecule has 1 atom stereocenters. The van der Waals surface area contributed by atoms with Crippen LogP contribution in [0.2, 0.25) is 0 Å². The van der Waals surface area contributed by atoms with E-state index in [1.165, 1.54) is 36.8 Å². The third kappa shape index (κ3) is 8.69. The standard InChI is InChI=1S/C24H22N3O10P.2Ru/c1-2-24(11-28,13-37-38(34)35)12-36-23(33)15-4-7-25-17(10-15)19-16(22(31)32)5-8-27-20(19)18-9-14(21(29)30)3-6-26-18;;/h3-10,28H,2,11-13H2,1H3,(H,29,30)(H,31,32);;/q-2;2*+2/p-2. The fourth-order valence-corrected chi connectivity index (χ4v) is 3.79. The summed E-state index contributed by atoms with van der Waals surface area (Å²) in [5, 5.41) is 33.0. The van der Waals surface area contributed by atoms with Crippen molar-refractivity contribution in [1.29, 1.82) is 0 Å². The van der Waals surface area contributed by atoms with Gasteiger partial charge >= 0.3 is 44.9 Å². The monoisotopic (exact) mass is 745 g/mol. The Kier molecular flexibility index (Phi) is 14.1. The number of carbonyl (C=O) groups is 3. The van der Waals surface area contributed by atoms with E-state index in [1.54, 1.807) is 6.92 Å². The van der Waals surface area contributed by atoms with Crippen LogP contribution in [0, 0.1) is 5.41 Å². The van der Waals surface area contributed by atoms with Crippen LogP contribution in [0.1, 0.15) is 44.4 Å². The fraction of sp³-hybridized carbons (Fsp3) is 0.250. The van der Waals surface area contributed by atoms with E-state index in [2.05, 4.69) is 19.5 Å². The Bertz CT molecular complexity index is 1340. The summed E-state index contributed by atoms with van der Waals surface area (Å²) in [5.41, 5.74) is -1.94. The van der Waals surface area contributed by atoms with Crippen LogP contribution < -0.4 is 20.0 Å². The topological polar surface area (TPSA) is 221 Å². The second kappa shape index (κ2) is 16.0. The van der Waals surface area contributed by atoms with Crippen molar-refractivity contribution in [2.24, 2.45) is 5.41 Å². The molecule has 0 aromatic carbocycles. The fourth-order valence-electron chi connectivity index (χ4n) is 3.41. The van der Waals surface area contributed by atoms with Gasteiger partial charge < -0.3 is 44.0 Å². The van der Waals surface area contributed by atoms with Crippen LogP contribution in [0.15, 0.2) is 48.9 Å². The number of aromatic nitrogens is 3. The summed E-state index contributed by atoms with van der Waals surface area (Å²) in [4.78, 5) is 70.0.